The van der Waals surface area contributed by atoms with Crippen molar-refractivity contribution in [1.82, 2.24) is 9.97 Å². The first-order valence-electron chi connectivity index (χ1n) is 1.43. The second-order valence-corrected chi connectivity index (χ2v) is 0.761. The summed E-state index contributed by atoms with van der Waals surface area (Å²) in [7, 11) is 0. The van der Waals surface area contributed by atoms with Crippen LogP contribution in [0.25, 0.3) is 0 Å². The molecule has 0 amide bonds. The van der Waals surface area contributed by atoms with Crippen LogP contribution >= 0.6 is 17.0 Å². The lowest BCUT2D eigenvalue weighted by Crippen LogP contribution is -1.44. The molecule has 1 aromatic rings. The molecule has 0 spiro atoms. The van der Waals surface area contributed by atoms with Crippen LogP contribution in [-0.2, 0) is 0 Å². The monoisotopic (exact) mass is 174 g/mol. The van der Waals surface area contributed by atoms with Gasteiger partial charge in [0.25, 0.3) is 0 Å². The summed E-state index contributed by atoms with van der Waals surface area (Å²) >= 11 is 0. The number of aromatic nitrogens is 2. The molecule has 7 heavy (non-hydrogen) atoms. The average molecular weight is 175 g/mol. The maximum Gasteiger partial charge on any atom is 0.316 e. The Morgan fingerprint density at radius 1 is 1.43 bits per heavy atom. The van der Waals surface area contributed by atoms with Gasteiger partial charge in [0.2, 0.25) is 0 Å². The molecule has 0 aliphatic carbocycles. The van der Waals surface area contributed by atoms with Crippen molar-refractivity contribution in [3.63, 3.8) is 0 Å². The molecule has 0 aromatic carbocycles. The molecule has 1 N–H and O–H groups in total. The van der Waals surface area contributed by atoms with E-state index in [4.69, 9.17) is 0 Å². The molecule has 1 heterocycles. The summed E-state index contributed by atoms with van der Waals surface area (Å²) in [6, 6.07) is 0. The molecule has 0 atom stereocenters. The molecule has 4 heteroatoms. The molecule has 0 unspecified atom stereocenters. The maximum atomic E-state index is 3.67. The van der Waals surface area contributed by atoms with Gasteiger partial charge in [0.15, 0.2) is 0 Å². The highest BCUT2D eigenvalue weighted by Crippen LogP contribution is 1.62. The van der Waals surface area contributed by atoms with Crippen LogP contribution in [0.5, 0.6) is 0 Å². The number of halogens is 1. The summed E-state index contributed by atoms with van der Waals surface area (Å²) in [6.07, 6.45) is 5.08. The Bertz CT molecular complexity index is 69.4. The largest absolute Gasteiger partial charge is 0.351 e. The molecule has 1 rings (SSSR count). The summed E-state index contributed by atoms with van der Waals surface area (Å²) in [5, 5.41) is 0. The van der Waals surface area contributed by atoms with Crippen LogP contribution in [-0.4, -0.2) is 33.0 Å². The lowest BCUT2D eigenvalue weighted by Gasteiger charge is -1.46. The van der Waals surface area contributed by atoms with E-state index in [-0.39, 0.29) is 40.0 Å². The van der Waals surface area contributed by atoms with Crippen LogP contribution in [0.4, 0.5) is 0 Å². The SMILES string of the molecule is Br.[MgH2].c1c[nH]cn1. The topological polar surface area (TPSA) is 28.7 Å². The fourth-order valence-electron chi connectivity index (χ4n) is 0.215. The number of hydrogen-bond acceptors (Lipinski definition) is 1. The fourth-order valence-corrected chi connectivity index (χ4v) is 0.215. The van der Waals surface area contributed by atoms with Gasteiger partial charge in [-0.05, 0) is 0 Å². The minimum absolute atomic E-state index is 0. The molecule has 0 bridgehead atoms. The standard InChI is InChI=1S/C3H4N2.BrH.Mg.2H/c1-2-5-3-4-1;;;;/h1-3H,(H,4,5);1H;;;. The Kier molecular flexibility index (Phi) is 9.63. The maximum absolute atomic E-state index is 3.67. The highest BCUT2D eigenvalue weighted by molar-refractivity contribution is 8.93. The number of H-pyrrole nitrogens is 1. The van der Waals surface area contributed by atoms with Crippen LogP contribution in [0.2, 0.25) is 0 Å². The molecular weight excluding hydrogens is 168 g/mol. The number of nitrogens with one attached hydrogen (secondary N) is 1. The van der Waals surface area contributed by atoms with E-state index in [0.29, 0.717) is 0 Å². The smallest absolute Gasteiger partial charge is 0.316 e. The van der Waals surface area contributed by atoms with E-state index in [2.05, 4.69) is 9.97 Å². The van der Waals surface area contributed by atoms with Gasteiger partial charge in [0.05, 0.1) is 6.33 Å². The van der Waals surface area contributed by atoms with E-state index >= 15 is 0 Å². The third-order valence-electron chi connectivity index (χ3n) is 0.406. The van der Waals surface area contributed by atoms with Crippen molar-refractivity contribution in [2.45, 2.75) is 0 Å². The second-order valence-electron chi connectivity index (χ2n) is 0.761. The molecule has 0 saturated heterocycles. The normalized spacial score (nSPS) is 5.71. The molecule has 0 radical (unpaired) electrons. The number of rotatable bonds is 0. The van der Waals surface area contributed by atoms with Crippen molar-refractivity contribution >= 4 is 40.0 Å². The van der Waals surface area contributed by atoms with Gasteiger partial charge >= 0.3 is 23.1 Å². The molecule has 0 aliphatic rings. The van der Waals surface area contributed by atoms with Gasteiger partial charge in [-0.1, -0.05) is 0 Å². The lowest BCUT2D eigenvalue weighted by atomic mass is 11.0. The molecule has 0 aliphatic heterocycles. The van der Waals surface area contributed by atoms with E-state index in [1.165, 1.54) is 0 Å². The van der Waals surface area contributed by atoms with Crippen molar-refractivity contribution < 1.29 is 0 Å². The van der Waals surface area contributed by atoms with Crippen LogP contribution in [0, 0.1) is 0 Å². The third-order valence-corrected chi connectivity index (χ3v) is 0.406. The predicted octanol–water partition coefficient (Wildman–Crippen LogP) is 0.0714. The molecule has 2 nitrogen and oxygen atoms in total. The first kappa shape index (κ1) is 10.4. The van der Waals surface area contributed by atoms with E-state index < -0.39 is 0 Å². The van der Waals surface area contributed by atoms with E-state index in [1.807, 2.05) is 0 Å². The molecule has 0 saturated carbocycles. The molecule has 1 aromatic heterocycles. The minimum Gasteiger partial charge on any atom is -0.351 e. The van der Waals surface area contributed by atoms with Crippen molar-refractivity contribution in [3.8, 4) is 0 Å². The zero-order chi connectivity index (χ0) is 3.54. The van der Waals surface area contributed by atoms with Gasteiger partial charge in [0.1, 0.15) is 0 Å². The van der Waals surface area contributed by atoms with Gasteiger partial charge in [-0.25, -0.2) is 4.98 Å². The Balaban J connectivity index is 0. The first-order chi connectivity index (χ1) is 2.50. The highest BCUT2D eigenvalue weighted by atomic mass is 79.9. The zero-order valence-corrected chi connectivity index (χ0v) is 4.80. The summed E-state index contributed by atoms with van der Waals surface area (Å²) < 4.78 is 0. The number of nitrogens with zero attached hydrogens (tertiary/aromatic N) is 1. The van der Waals surface area contributed by atoms with Gasteiger partial charge in [-0.3, -0.25) is 0 Å². The minimum atomic E-state index is 0. The average Bonchev–Trinajstić information content (AvgIpc) is 1.76. The van der Waals surface area contributed by atoms with Gasteiger partial charge in [-0.2, -0.15) is 0 Å². The lowest BCUT2D eigenvalue weighted by molar-refractivity contribution is 1.31. The van der Waals surface area contributed by atoms with E-state index in [9.17, 15) is 0 Å². The summed E-state index contributed by atoms with van der Waals surface area (Å²) in [6.45, 7) is 0. The summed E-state index contributed by atoms with van der Waals surface area (Å²) in [5.41, 5.74) is 0. The van der Waals surface area contributed by atoms with E-state index in [1.54, 1.807) is 18.7 Å². The third kappa shape index (κ3) is 4.31. The second kappa shape index (κ2) is 6.46. The molecule has 38 valence electrons. The quantitative estimate of drug-likeness (QED) is 0.556. The summed E-state index contributed by atoms with van der Waals surface area (Å²) in [5.74, 6) is 0. The zero-order valence-electron chi connectivity index (χ0n) is 3.09. The highest BCUT2D eigenvalue weighted by Gasteiger charge is 1.56. The summed E-state index contributed by atoms with van der Waals surface area (Å²) in [4.78, 5) is 6.42. The van der Waals surface area contributed by atoms with Crippen LogP contribution in [0.15, 0.2) is 18.7 Å². The van der Waals surface area contributed by atoms with Crippen LogP contribution < -0.4 is 0 Å². The number of aromatic amines is 1. The number of hydrogen-bond donors (Lipinski definition) is 1. The van der Waals surface area contributed by atoms with Gasteiger partial charge in [0, 0.05) is 12.4 Å². The van der Waals surface area contributed by atoms with Crippen molar-refractivity contribution in [1.29, 1.82) is 0 Å². The van der Waals surface area contributed by atoms with Crippen molar-refractivity contribution in [3.05, 3.63) is 18.7 Å². The Morgan fingerprint density at radius 3 is 2.29 bits per heavy atom. The van der Waals surface area contributed by atoms with Crippen molar-refractivity contribution in [2.75, 3.05) is 0 Å². The Morgan fingerprint density at radius 2 is 2.14 bits per heavy atom. The van der Waals surface area contributed by atoms with Crippen LogP contribution in [0.3, 0.4) is 0 Å². The first-order valence-corrected chi connectivity index (χ1v) is 1.43. The fraction of sp³-hybridized carbons (Fsp3) is 0. The van der Waals surface area contributed by atoms with E-state index in [0.717, 1.165) is 0 Å². The Labute approximate surface area is 68.6 Å². The van der Waals surface area contributed by atoms with Crippen molar-refractivity contribution in [2.24, 2.45) is 0 Å². The molecular formula is C3H7BrMgN2. The number of imidazole rings is 1. The Hall–Kier alpha value is 0.456. The van der Waals surface area contributed by atoms with Gasteiger partial charge in [-0.15, -0.1) is 17.0 Å². The van der Waals surface area contributed by atoms with Gasteiger partial charge < -0.3 is 4.98 Å². The van der Waals surface area contributed by atoms with Crippen LogP contribution in [0.1, 0.15) is 0 Å². The predicted molar refractivity (Wildman–Crippen MR) is 37.5 cm³/mol. The molecule has 0 fully saturated rings.